The van der Waals surface area contributed by atoms with E-state index in [1.54, 1.807) is 18.2 Å². The third kappa shape index (κ3) is 10.4. The molecule has 0 amide bonds. The van der Waals surface area contributed by atoms with Crippen molar-refractivity contribution in [2.75, 3.05) is 59.5 Å². The van der Waals surface area contributed by atoms with Gasteiger partial charge in [0.2, 0.25) is 0 Å². The fourth-order valence-electron chi connectivity index (χ4n) is 1.79. The molecule has 0 aromatic heterocycles. The van der Waals surface area contributed by atoms with E-state index < -0.39 is 7.32 Å². The lowest BCUT2D eigenvalue weighted by Gasteiger charge is -2.25. The van der Waals surface area contributed by atoms with E-state index in [0.29, 0.717) is 46.2 Å². The first-order chi connectivity index (χ1) is 13.4. The van der Waals surface area contributed by atoms with Crippen LogP contribution >= 0.6 is 0 Å². The van der Waals surface area contributed by atoms with E-state index in [9.17, 15) is 0 Å². The lowest BCUT2D eigenvalue weighted by atomic mass is 10.2. The molecule has 2 heterocycles. The molecular weight excluding hydrogens is 359 g/mol. The molecule has 0 saturated carbocycles. The minimum absolute atomic E-state index is 0.0246. The molecule has 0 spiro atoms. The summed E-state index contributed by atoms with van der Waals surface area (Å²) in [4.78, 5) is 0. The molecule has 0 unspecified atom stereocenters. The molecular formula is C17H27BO9. The minimum Gasteiger partial charge on any atom is -0.497 e. The molecule has 152 valence electrons. The predicted molar refractivity (Wildman–Crippen MR) is 95.5 cm³/mol. The van der Waals surface area contributed by atoms with Gasteiger partial charge in [0.1, 0.15) is 12.2 Å². The molecule has 10 heteroatoms. The highest BCUT2D eigenvalue weighted by Crippen LogP contribution is 2.06. The highest BCUT2D eigenvalue weighted by atomic mass is 16.7. The predicted octanol–water partition coefficient (Wildman–Crippen LogP) is 0.402. The Kier molecular flexibility index (Phi) is 11.7. The first-order valence-corrected chi connectivity index (χ1v) is 8.87. The van der Waals surface area contributed by atoms with Gasteiger partial charge in [0, 0.05) is 0 Å². The molecule has 2 saturated heterocycles. The maximum atomic E-state index is 8.63. The number of aliphatic hydroxyl groups is 1. The summed E-state index contributed by atoms with van der Waals surface area (Å²) in [5, 5.41) is 8.63. The quantitative estimate of drug-likeness (QED) is 0.230. The molecule has 1 N–H and O–H groups in total. The summed E-state index contributed by atoms with van der Waals surface area (Å²) in [6.45, 7) is 3.91. The van der Waals surface area contributed by atoms with Gasteiger partial charge in [-0.25, -0.2) is 0 Å². The van der Waals surface area contributed by atoms with E-state index in [0.717, 1.165) is 0 Å². The summed E-state index contributed by atoms with van der Waals surface area (Å²) < 4.78 is 42.2. The van der Waals surface area contributed by atoms with Gasteiger partial charge in [-0.3, -0.25) is 0 Å². The van der Waals surface area contributed by atoms with Crippen LogP contribution in [0.5, 0.6) is 0 Å². The van der Waals surface area contributed by atoms with Crippen molar-refractivity contribution in [1.82, 2.24) is 0 Å². The number of hydrogen-bond donors (Lipinski definition) is 1. The average molecular weight is 386 g/mol. The Morgan fingerprint density at radius 1 is 0.778 bits per heavy atom. The highest BCUT2D eigenvalue weighted by Gasteiger charge is 2.24. The Morgan fingerprint density at radius 3 is 1.67 bits per heavy atom. The maximum absolute atomic E-state index is 8.63. The monoisotopic (exact) mass is 386 g/mol. The van der Waals surface area contributed by atoms with E-state index in [4.69, 9.17) is 42.8 Å². The summed E-state index contributed by atoms with van der Waals surface area (Å²) in [5.41, 5.74) is 0. The normalized spacial score (nSPS) is 18.1. The lowest BCUT2D eigenvalue weighted by Crippen LogP contribution is -2.36. The Morgan fingerprint density at radius 2 is 1.26 bits per heavy atom. The maximum Gasteiger partial charge on any atom is 0.862 e. The topological polar surface area (TPSA) is 94.1 Å². The third-order valence-electron chi connectivity index (χ3n) is 3.38. The number of ether oxygens (including phenoxy) is 5. The van der Waals surface area contributed by atoms with Crippen LogP contribution in [0.2, 0.25) is 0 Å². The van der Waals surface area contributed by atoms with Gasteiger partial charge in [0.25, 0.3) is 0 Å². The zero-order valence-electron chi connectivity index (χ0n) is 15.3. The minimum atomic E-state index is -0.967. The van der Waals surface area contributed by atoms with Crippen LogP contribution in [0.4, 0.5) is 0 Å². The van der Waals surface area contributed by atoms with Gasteiger partial charge in [0.15, 0.2) is 0 Å². The van der Waals surface area contributed by atoms with Gasteiger partial charge in [-0.05, 0) is 18.2 Å². The summed E-state index contributed by atoms with van der Waals surface area (Å²) >= 11 is 0. The van der Waals surface area contributed by atoms with Gasteiger partial charge >= 0.3 is 7.32 Å². The van der Waals surface area contributed by atoms with Crippen molar-refractivity contribution in [1.29, 1.82) is 0 Å². The molecule has 0 aromatic rings. The van der Waals surface area contributed by atoms with Gasteiger partial charge in [-0.2, -0.15) is 0 Å². The van der Waals surface area contributed by atoms with Crippen molar-refractivity contribution in [2.24, 2.45) is 0 Å². The molecule has 0 radical (unpaired) electrons. The smallest absolute Gasteiger partial charge is 0.497 e. The summed E-state index contributed by atoms with van der Waals surface area (Å²) in [7, 11) is -0.967. The number of aliphatic hydroxyl groups excluding tert-OH is 1. The van der Waals surface area contributed by atoms with Crippen molar-refractivity contribution < 1.29 is 42.8 Å². The largest absolute Gasteiger partial charge is 0.862 e. The second kappa shape index (κ2) is 14.5. The molecule has 27 heavy (non-hydrogen) atoms. The lowest BCUT2D eigenvalue weighted by molar-refractivity contribution is -0.123. The number of rotatable bonds is 16. The second-order valence-electron chi connectivity index (χ2n) is 5.60. The molecule has 0 bridgehead atoms. The van der Waals surface area contributed by atoms with Crippen molar-refractivity contribution >= 4 is 7.32 Å². The molecule has 2 fully saturated rings. The number of hydrogen-bond acceptors (Lipinski definition) is 9. The van der Waals surface area contributed by atoms with Crippen LogP contribution in [-0.2, 0) is 37.6 Å². The van der Waals surface area contributed by atoms with Crippen molar-refractivity contribution in [2.45, 2.75) is 12.2 Å². The van der Waals surface area contributed by atoms with Gasteiger partial charge < -0.3 is 42.8 Å². The van der Waals surface area contributed by atoms with Crippen LogP contribution in [0.15, 0.2) is 37.0 Å². The Bertz CT molecular complexity index is 420. The zero-order valence-corrected chi connectivity index (χ0v) is 15.3. The van der Waals surface area contributed by atoms with Gasteiger partial charge in [-0.1, -0.05) is 0 Å². The molecule has 2 aliphatic heterocycles. The molecule has 0 aliphatic carbocycles. The van der Waals surface area contributed by atoms with Crippen LogP contribution in [0, 0.1) is 0 Å². The SMILES string of the molecule is OCCOC/C=C/OB(O/C=C\COC1COC1)O/C=C/COC1COC1. The van der Waals surface area contributed by atoms with Crippen LogP contribution < -0.4 is 0 Å². The summed E-state index contributed by atoms with van der Waals surface area (Å²) in [6, 6.07) is 0. The molecule has 2 rings (SSSR count). The van der Waals surface area contributed by atoms with Crippen LogP contribution in [0.1, 0.15) is 0 Å². The Balaban J connectivity index is 1.61. The fourth-order valence-corrected chi connectivity index (χ4v) is 1.79. The highest BCUT2D eigenvalue weighted by molar-refractivity contribution is 6.37. The molecule has 0 atom stereocenters. The Labute approximate surface area is 159 Å². The standard InChI is InChI=1S/C17H27BO9/c19-4-11-20-5-1-8-25-18(26-9-2-6-23-16-12-21-13-16)27-10-3-7-24-17-14-22-15-17/h1-3,8-10,16-17,19H,4-7,11-15H2/b8-1+,9-2-,10-3+. The average Bonchev–Trinajstić information content (AvgIpc) is 2.59. The van der Waals surface area contributed by atoms with E-state index >= 15 is 0 Å². The van der Waals surface area contributed by atoms with Crippen molar-refractivity contribution in [3.63, 3.8) is 0 Å². The second-order valence-corrected chi connectivity index (χ2v) is 5.60. The Hall–Kier alpha value is -1.56. The summed E-state index contributed by atoms with van der Waals surface area (Å²) in [6.07, 6.45) is 9.71. The zero-order chi connectivity index (χ0) is 19.0. The van der Waals surface area contributed by atoms with E-state index in [1.165, 1.54) is 18.8 Å². The van der Waals surface area contributed by atoms with E-state index in [1.807, 2.05) is 0 Å². The molecule has 9 nitrogen and oxygen atoms in total. The van der Waals surface area contributed by atoms with Crippen LogP contribution in [-0.4, -0.2) is 84.1 Å². The van der Waals surface area contributed by atoms with Gasteiger partial charge in [0.05, 0.1) is 78.2 Å². The van der Waals surface area contributed by atoms with Crippen LogP contribution in [0.25, 0.3) is 0 Å². The molecule has 0 aromatic carbocycles. The first kappa shape index (κ1) is 21.7. The summed E-state index contributed by atoms with van der Waals surface area (Å²) in [5.74, 6) is 0. The van der Waals surface area contributed by atoms with Crippen LogP contribution in [0.3, 0.4) is 0 Å². The van der Waals surface area contributed by atoms with Gasteiger partial charge in [-0.15, -0.1) is 0 Å². The van der Waals surface area contributed by atoms with Crippen molar-refractivity contribution in [3.8, 4) is 0 Å². The fraction of sp³-hybridized carbons (Fsp3) is 0.647. The van der Waals surface area contributed by atoms with E-state index in [-0.39, 0.29) is 25.4 Å². The van der Waals surface area contributed by atoms with E-state index in [2.05, 4.69) is 0 Å². The third-order valence-corrected chi connectivity index (χ3v) is 3.38. The first-order valence-electron chi connectivity index (χ1n) is 8.87. The molecule has 2 aliphatic rings. The van der Waals surface area contributed by atoms with Crippen molar-refractivity contribution in [3.05, 3.63) is 37.0 Å².